The number of hydrogen-bond donors (Lipinski definition) is 4. The standard InChI is InChI=1S/C11H14FN.C9H10O2S.C2H3N3S.CH4OS.2H2O.H2/c12-10-6-4-9(5-7-10)11-3-1-2-8-13-11;10-12-8-4-3-7-2-1-5-11-9(7)6-8;3-2-4-1-5-6-2;1-3-2;;;/h4-7,11,13H,1-3,8H2;3-4,6,10H,1-2,5H2;1H,(H2,3,4,5);2H,1H3;2*1H2;1H/t11-;;;;;;/m0....../s1. The van der Waals surface area contributed by atoms with Crippen molar-refractivity contribution in [1.29, 1.82) is 0 Å². The number of rotatable bonds is 2. The molecule has 204 valence electrons. The lowest BCUT2D eigenvalue weighted by molar-refractivity contribution is 0.287. The molecule has 3 heterocycles. The smallest absolute Gasteiger partial charge is 0.199 e. The summed E-state index contributed by atoms with van der Waals surface area (Å²) in [6.45, 7) is 1.88. The van der Waals surface area contributed by atoms with Gasteiger partial charge in [0, 0.05) is 42.2 Å². The van der Waals surface area contributed by atoms with Crippen LogP contribution in [0.3, 0.4) is 0 Å². The molecule has 0 unspecified atom stereocenters. The van der Waals surface area contributed by atoms with Gasteiger partial charge in [-0.1, -0.05) is 24.6 Å². The number of nitrogens with two attached hydrogens (primary N) is 1. The van der Waals surface area contributed by atoms with Crippen LogP contribution in [0.5, 0.6) is 5.75 Å². The Morgan fingerprint density at radius 1 is 1.14 bits per heavy atom. The van der Waals surface area contributed by atoms with Gasteiger partial charge in [-0.25, -0.2) is 9.37 Å². The summed E-state index contributed by atoms with van der Waals surface area (Å²) >= 11 is 2.71. The number of aryl methyl sites for hydroxylation is 1. The quantitative estimate of drug-likeness (QED) is 0.320. The highest BCUT2D eigenvalue weighted by Gasteiger charge is 2.14. The van der Waals surface area contributed by atoms with Crippen LogP contribution in [0, 0.1) is 5.82 Å². The van der Waals surface area contributed by atoms with Gasteiger partial charge in [0.2, 0.25) is 0 Å². The van der Waals surface area contributed by atoms with Crippen molar-refractivity contribution in [3.8, 4) is 5.75 Å². The van der Waals surface area contributed by atoms with Crippen molar-refractivity contribution in [2.75, 3.05) is 25.1 Å². The second kappa shape index (κ2) is 20.1. The fourth-order valence-corrected chi connectivity index (χ4v) is 3.98. The number of hydrogen-bond acceptors (Lipinski definition) is 10. The Morgan fingerprint density at radius 3 is 2.39 bits per heavy atom. The lowest BCUT2D eigenvalue weighted by Gasteiger charge is -2.23. The van der Waals surface area contributed by atoms with Crippen molar-refractivity contribution in [2.45, 2.75) is 43.0 Å². The van der Waals surface area contributed by atoms with E-state index in [9.17, 15) is 4.39 Å². The van der Waals surface area contributed by atoms with Crippen molar-refractivity contribution < 1.29 is 30.6 Å². The molecule has 1 fully saturated rings. The molecule has 2 aromatic carbocycles. The Balaban J connectivity index is 0. The number of halogens is 1. The van der Waals surface area contributed by atoms with Gasteiger partial charge in [-0.2, -0.15) is 4.37 Å². The molecular formula is C23H37FN4O5S3. The highest BCUT2D eigenvalue weighted by atomic mass is 32.2. The first-order valence-corrected chi connectivity index (χ1v) is 13.6. The van der Waals surface area contributed by atoms with Crippen LogP contribution in [0.1, 0.15) is 44.3 Å². The lowest BCUT2D eigenvalue weighted by atomic mass is 9.98. The fourth-order valence-electron chi connectivity index (χ4n) is 3.39. The molecule has 0 bridgehead atoms. The number of aromatic nitrogens is 2. The third-order valence-corrected chi connectivity index (χ3v) is 5.91. The van der Waals surface area contributed by atoms with Gasteiger partial charge < -0.3 is 35.8 Å². The molecule has 36 heavy (non-hydrogen) atoms. The van der Waals surface area contributed by atoms with E-state index < -0.39 is 0 Å². The first-order chi connectivity index (χ1) is 16.6. The molecule has 0 amide bonds. The SMILES string of the molecule is CSO.Fc1ccc([C@@H]2CCCCN2)cc1.Nc1ncns1.O.O.OSc1ccc2c(c1)OCCC2.[HH]. The largest absolute Gasteiger partial charge is 0.493 e. The normalized spacial score (nSPS) is 15.3. The van der Waals surface area contributed by atoms with E-state index >= 15 is 0 Å². The molecular weight excluding hydrogens is 527 g/mol. The van der Waals surface area contributed by atoms with Crippen molar-refractivity contribution in [1.82, 2.24) is 14.7 Å². The maximum atomic E-state index is 12.6. The average Bonchev–Trinajstić information content (AvgIpc) is 3.37. The van der Waals surface area contributed by atoms with E-state index in [4.69, 9.17) is 19.6 Å². The minimum atomic E-state index is -0.153. The Hall–Kier alpha value is -1.97. The monoisotopic (exact) mass is 564 g/mol. The van der Waals surface area contributed by atoms with Crippen molar-refractivity contribution >= 4 is 40.7 Å². The second-order valence-electron chi connectivity index (χ2n) is 7.33. The summed E-state index contributed by atoms with van der Waals surface area (Å²) in [6.07, 6.45) is 8.92. The third kappa shape index (κ3) is 12.8. The van der Waals surface area contributed by atoms with E-state index in [1.54, 1.807) is 6.26 Å². The zero-order valence-corrected chi connectivity index (χ0v) is 22.5. The predicted octanol–water partition coefficient (Wildman–Crippen LogP) is 4.76. The van der Waals surface area contributed by atoms with Crippen LogP contribution < -0.4 is 15.8 Å². The molecule has 1 saturated heterocycles. The molecule has 0 saturated carbocycles. The van der Waals surface area contributed by atoms with E-state index in [-0.39, 0.29) is 18.2 Å². The lowest BCUT2D eigenvalue weighted by Crippen LogP contribution is -2.26. The molecule has 9 N–H and O–H groups in total. The number of piperidine rings is 1. The first kappa shape index (κ1) is 34.0. The number of benzene rings is 2. The number of anilines is 1. The Labute approximate surface area is 225 Å². The van der Waals surface area contributed by atoms with Gasteiger partial charge in [-0.15, -0.1) is 0 Å². The van der Waals surface area contributed by atoms with Crippen molar-refractivity contribution in [3.63, 3.8) is 0 Å². The fraction of sp³-hybridized carbons (Fsp3) is 0.391. The zero-order valence-electron chi connectivity index (χ0n) is 20.0. The molecule has 1 atom stereocenters. The van der Waals surface area contributed by atoms with E-state index in [1.807, 2.05) is 30.3 Å². The van der Waals surface area contributed by atoms with Gasteiger partial charge in [-0.05, 0) is 79.7 Å². The van der Waals surface area contributed by atoms with E-state index in [1.165, 1.54) is 60.4 Å². The summed E-state index contributed by atoms with van der Waals surface area (Å²) < 4.78 is 38.0. The minimum absolute atomic E-state index is 0. The maximum Gasteiger partial charge on any atom is 0.199 e. The Kier molecular flexibility index (Phi) is 19.0. The van der Waals surface area contributed by atoms with Crippen LogP contribution in [0.15, 0.2) is 53.7 Å². The van der Waals surface area contributed by atoms with Crippen LogP contribution in [-0.2, 0) is 6.42 Å². The van der Waals surface area contributed by atoms with Gasteiger partial charge >= 0.3 is 0 Å². The van der Waals surface area contributed by atoms with Gasteiger partial charge in [-0.3, -0.25) is 0 Å². The zero-order chi connectivity index (χ0) is 24.6. The predicted molar refractivity (Wildman–Crippen MR) is 150 cm³/mol. The number of ether oxygens (including phenoxy) is 1. The highest BCUT2D eigenvalue weighted by molar-refractivity contribution is 7.93. The number of nitrogens with one attached hydrogen (secondary N) is 1. The molecule has 2 aliphatic rings. The number of fused-ring (bicyclic) bond motifs is 1. The first-order valence-electron chi connectivity index (χ1n) is 10.8. The molecule has 1 aromatic heterocycles. The maximum absolute atomic E-state index is 12.6. The van der Waals surface area contributed by atoms with E-state index in [0.29, 0.717) is 11.2 Å². The molecule has 0 radical (unpaired) electrons. The minimum Gasteiger partial charge on any atom is -0.493 e. The Bertz CT molecular complexity index is 941. The van der Waals surface area contributed by atoms with Gasteiger partial charge in [0.05, 0.1) is 6.61 Å². The van der Waals surface area contributed by atoms with Gasteiger partial charge in [0.15, 0.2) is 5.13 Å². The highest BCUT2D eigenvalue weighted by Crippen LogP contribution is 2.28. The summed E-state index contributed by atoms with van der Waals surface area (Å²) in [5.74, 6) is 0.778. The van der Waals surface area contributed by atoms with Gasteiger partial charge in [0.25, 0.3) is 0 Å². The number of nitrogens with zero attached hydrogens (tertiary/aromatic N) is 2. The van der Waals surface area contributed by atoms with Crippen LogP contribution in [0.25, 0.3) is 0 Å². The summed E-state index contributed by atoms with van der Waals surface area (Å²) in [6, 6.07) is 13.1. The van der Waals surface area contributed by atoms with Crippen LogP contribution >= 0.6 is 35.6 Å². The van der Waals surface area contributed by atoms with Crippen molar-refractivity contribution in [2.24, 2.45) is 0 Å². The van der Waals surface area contributed by atoms with Crippen molar-refractivity contribution in [3.05, 3.63) is 65.7 Å². The summed E-state index contributed by atoms with van der Waals surface area (Å²) in [5, 5.41) is 3.96. The average molecular weight is 565 g/mol. The van der Waals surface area contributed by atoms with E-state index in [2.05, 4.69) is 14.7 Å². The number of nitrogen functional groups attached to an aromatic ring is 1. The van der Waals surface area contributed by atoms with Gasteiger partial charge in [0.1, 0.15) is 17.9 Å². The summed E-state index contributed by atoms with van der Waals surface area (Å²) in [7, 11) is 0. The van der Waals surface area contributed by atoms with Crippen LogP contribution in [-0.4, -0.2) is 48.8 Å². The summed E-state index contributed by atoms with van der Waals surface area (Å²) in [5.41, 5.74) is 7.58. The molecule has 0 spiro atoms. The van der Waals surface area contributed by atoms with E-state index in [0.717, 1.165) is 60.7 Å². The van der Waals surface area contributed by atoms with Crippen LogP contribution in [0.4, 0.5) is 9.52 Å². The topological polar surface area (TPSA) is 177 Å². The Morgan fingerprint density at radius 2 is 1.86 bits per heavy atom. The molecule has 2 aliphatic heterocycles. The molecule has 5 rings (SSSR count). The molecule has 3 aromatic rings. The second-order valence-corrected chi connectivity index (χ2v) is 9.16. The molecule has 0 aliphatic carbocycles. The van der Waals surface area contributed by atoms with Crippen LogP contribution in [0.2, 0.25) is 0 Å². The molecule has 13 heteroatoms. The summed E-state index contributed by atoms with van der Waals surface area (Å²) in [4.78, 5) is 4.45. The molecule has 9 nitrogen and oxygen atoms in total. The third-order valence-electron chi connectivity index (χ3n) is 4.95.